The molecule has 0 spiro atoms. The summed E-state index contributed by atoms with van der Waals surface area (Å²) in [5.74, 6) is -0.557. The molecule has 2 aromatic carbocycles. The molecule has 0 bridgehead atoms. The van der Waals surface area contributed by atoms with Gasteiger partial charge in [-0.2, -0.15) is 0 Å². The number of morpholine rings is 1. The molecule has 1 aliphatic rings. The lowest BCUT2D eigenvalue weighted by Crippen LogP contribution is -2.49. The van der Waals surface area contributed by atoms with Crippen LogP contribution in [0.3, 0.4) is 0 Å². The minimum atomic E-state index is -0.899. The third kappa shape index (κ3) is 5.56. The molecule has 0 radical (unpaired) electrons. The Morgan fingerprint density at radius 3 is 2.38 bits per heavy atom. The summed E-state index contributed by atoms with van der Waals surface area (Å²) in [6, 6.07) is 14.7. The van der Waals surface area contributed by atoms with Crippen molar-refractivity contribution in [2.75, 3.05) is 33.4 Å². The summed E-state index contributed by atoms with van der Waals surface area (Å²) in [7, 11) is 1.31. The van der Waals surface area contributed by atoms with Gasteiger partial charge in [0.1, 0.15) is 0 Å². The summed E-state index contributed by atoms with van der Waals surface area (Å²) in [5, 5.41) is 3.37. The molecule has 3 rings (SSSR count). The van der Waals surface area contributed by atoms with Crippen LogP contribution in [0.5, 0.6) is 0 Å². The molecule has 1 saturated heterocycles. The second-order valence-corrected chi connectivity index (χ2v) is 6.79. The van der Waals surface area contributed by atoms with E-state index in [9.17, 15) is 9.59 Å². The lowest BCUT2D eigenvalue weighted by atomic mass is 10.1. The van der Waals surface area contributed by atoms with Crippen molar-refractivity contribution in [3.8, 4) is 0 Å². The number of nitrogens with zero attached hydrogens (tertiary/aromatic N) is 2. The lowest BCUT2D eigenvalue weighted by Gasteiger charge is -2.30. The van der Waals surface area contributed by atoms with Gasteiger partial charge in [-0.15, -0.1) is 0 Å². The van der Waals surface area contributed by atoms with E-state index in [2.05, 4.69) is 10.3 Å². The number of amides is 1. The summed E-state index contributed by atoms with van der Waals surface area (Å²) < 4.78 is 10.3. The molecule has 8 heteroatoms. The predicted molar refractivity (Wildman–Crippen MR) is 110 cm³/mol. The van der Waals surface area contributed by atoms with E-state index in [1.54, 1.807) is 36.4 Å². The van der Waals surface area contributed by atoms with Crippen molar-refractivity contribution in [1.82, 2.24) is 10.2 Å². The van der Waals surface area contributed by atoms with E-state index in [0.717, 1.165) is 0 Å². The highest BCUT2D eigenvalue weighted by Crippen LogP contribution is 2.20. The van der Waals surface area contributed by atoms with Gasteiger partial charge in [0.15, 0.2) is 6.04 Å². The van der Waals surface area contributed by atoms with Gasteiger partial charge >= 0.3 is 5.97 Å². The number of esters is 1. The first-order valence-electron chi connectivity index (χ1n) is 9.18. The van der Waals surface area contributed by atoms with Crippen LogP contribution in [0, 0.1) is 0 Å². The second kappa shape index (κ2) is 10.0. The van der Waals surface area contributed by atoms with E-state index in [1.165, 1.54) is 7.11 Å². The first kappa shape index (κ1) is 20.8. The second-order valence-electron chi connectivity index (χ2n) is 6.35. The van der Waals surface area contributed by atoms with Gasteiger partial charge in [0.2, 0.25) is 5.96 Å². The van der Waals surface area contributed by atoms with Gasteiger partial charge in [-0.1, -0.05) is 41.9 Å². The van der Waals surface area contributed by atoms with Crippen LogP contribution in [-0.2, 0) is 14.3 Å². The average molecular weight is 416 g/mol. The van der Waals surface area contributed by atoms with Crippen molar-refractivity contribution in [3.63, 3.8) is 0 Å². The molecule has 29 heavy (non-hydrogen) atoms. The Morgan fingerprint density at radius 1 is 1.10 bits per heavy atom. The molecular weight excluding hydrogens is 394 g/mol. The Balaban J connectivity index is 1.93. The highest BCUT2D eigenvalue weighted by atomic mass is 35.5. The zero-order valence-corrected chi connectivity index (χ0v) is 16.8. The van der Waals surface area contributed by atoms with Gasteiger partial charge < -0.3 is 14.4 Å². The number of hydrogen-bond acceptors (Lipinski definition) is 5. The third-order valence-corrected chi connectivity index (χ3v) is 4.69. The fraction of sp³-hybridized carbons (Fsp3) is 0.286. The number of nitrogens with one attached hydrogen (secondary N) is 1. The van der Waals surface area contributed by atoms with Crippen molar-refractivity contribution in [2.24, 2.45) is 4.99 Å². The Bertz CT molecular complexity index is 865. The quantitative estimate of drug-likeness (QED) is 0.471. The van der Waals surface area contributed by atoms with E-state index >= 15 is 0 Å². The monoisotopic (exact) mass is 415 g/mol. The van der Waals surface area contributed by atoms with Gasteiger partial charge in [0, 0.05) is 23.7 Å². The summed E-state index contributed by atoms with van der Waals surface area (Å²) in [4.78, 5) is 31.6. The molecule has 0 saturated carbocycles. The number of carbonyl (C=O) groups is 2. The molecule has 7 nitrogen and oxygen atoms in total. The first-order valence-corrected chi connectivity index (χ1v) is 9.56. The van der Waals surface area contributed by atoms with Crippen LogP contribution < -0.4 is 5.32 Å². The Kier molecular flexibility index (Phi) is 7.21. The Labute approximate surface area is 174 Å². The van der Waals surface area contributed by atoms with E-state index in [1.807, 2.05) is 23.1 Å². The molecule has 1 N–H and O–H groups in total. The molecule has 1 amide bonds. The van der Waals surface area contributed by atoms with Crippen molar-refractivity contribution >= 4 is 29.4 Å². The van der Waals surface area contributed by atoms with Gasteiger partial charge in [-0.3, -0.25) is 10.1 Å². The van der Waals surface area contributed by atoms with Crippen LogP contribution in [0.25, 0.3) is 0 Å². The van der Waals surface area contributed by atoms with Gasteiger partial charge in [-0.25, -0.2) is 9.79 Å². The Morgan fingerprint density at radius 2 is 1.76 bits per heavy atom. The molecule has 152 valence electrons. The van der Waals surface area contributed by atoms with Crippen LogP contribution in [0.2, 0.25) is 5.02 Å². The number of rotatable bonds is 4. The van der Waals surface area contributed by atoms with E-state index in [4.69, 9.17) is 21.1 Å². The minimum Gasteiger partial charge on any atom is -0.467 e. The minimum absolute atomic E-state index is 0.299. The number of guanidine groups is 1. The topological polar surface area (TPSA) is 80.2 Å². The zero-order valence-electron chi connectivity index (χ0n) is 16.0. The van der Waals surface area contributed by atoms with Crippen LogP contribution in [-0.4, -0.2) is 56.1 Å². The average Bonchev–Trinajstić information content (AvgIpc) is 2.77. The lowest BCUT2D eigenvalue weighted by molar-refractivity contribution is -0.142. The summed E-state index contributed by atoms with van der Waals surface area (Å²) in [6.07, 6.45) is 0. The molecule has 2 aromatic rings. The maximum absolute atomic E-state index is 12.8. The fourth-order valence-corrected chi connectivity index (χ4v) is 3.00. The molecule has 1 aliphatic heterocycles. The van der Waals surface area contributed by atoms with E-state index < -0.39 is 12.0 Å². The molecule has 0 aromatic heterocycles. The van der Waals surface area contributed by atoms with Crippen LogP contribution in [0.4, 0.5) is 0 Å². The molecule has 1 fully saturated rings. The van der Waals surface area contributed by atoms with Crippen molar-refractivity contribution in [1.29, 1.82) is 0 Å². The zero-order chi connectivity index (χ0) is 20.6. The fourth-order valence-electron chi connectivity index (χ4n) is 2.88. The number of benzene rings is 2. The number of aliphatic imine (C=N–C) groups is 1. The van der Waals surface area contributed by atoms with Gasteiger partial charge in [0.05, 0.1) is 20.3 Å². The number of carbonyl (C=O) groups excluding carboxylic acids is 2. The summed E-state index contributed by atoms with van der Waals surface area (Å²) in [6.45, 7) is 2.10. The SMILES string of the molecule is COC(=O)C(N=C(NC(=O)c1ccc(Cl)cc1)N1CCOCC1)c1ccccc1. The predicted octanol–water partition coefficient (Wildman–Crippen LogP) is 2.67. The number of ether oxygens (including phenoxy) is 2. The number of hydrogen-bond donors (Lipinski definition) is 1. The third-order valence-electron chi connectivity index (χ3n) is 4.43. The maximum Gasteiger partial charge on any atom is 0.335 e. The highest BCUT2D eigenvalue weighted by molar-refractivity contribution is 6.30. The van der Waals surface area contributed by atoms with Gasteiger partial charge in [0.25, 0.3) is 5.91 Å². The molecule has 1 atom stereocenters. The van der Waals surface area contributed by atoms with Gasteiger partial charge in [-0.05, 0) is 29.8 Å². The number of methoxy groups -OCH3 is 1. The summed E-state index contributed by atoms with van der Waals surface area (Å²) in [5.41, 5.74) is 1.11. The molecular formula is C21H22ClN3O4. The standard InChI is InChI=1S/C21H22ClN3O4/c1-28-20(27)18(15-5-3-2-4-6-15)23-21(25-11-13-29-14-12-25)24-19(26)16-7-9-17(22)10-8-16/h2-10,18H,11-14H2,1H3,(H,23,24,26). The van der Waals surface area contributed by atoms with Crippen LogP contribution >= 0.6 is 11.6 Å². The van der Waals surface area contributed by atoms with Crippen molar-refractivity contribution in [2.45, 2.75) is 6.04 Å². The molecule has 0 aliphatic carbocycles. The van der Waals surface area contributed by atoms with Crippen molar-refractivity contribution < 1.29 is 19.1 Å². The smallest absolute Gasteiger partial charge is 0.335 e. The molecule has 1 heterocycles. The van der Waals surface area contributed by atoms with E-state index in [0.29, 0.717) is 48.4 Å². The number of halogens is 1. The summed E-state index contributed by atoms with van der Waals surface area (Å²) >= 11 is 5.90. The maximum atomic E-state index is 12.8. The Hall–Kier alpha value is -2.90. The van der Waals surface area contributed by atoms with Crippen molar-refractivity contribution in [3.05, 3.63) is 70.7 Å². The highest BCUT2D eigenvalue weighted by Gasteiger charge is 2.25. The first-order chi connectivity index (χ1) is 14.1. The normalized spacial score (nSPS) is 15.5. The largest absolute Gasteiger partial charge is 0.467 e. The molecule has 1 unspecified atom stereocenters. The van der Waals surface area contributed by atoms with E-state index in [-0.39, 0.29) is 5.91 Å². The van der Waals surface area contributed by atoms with Crippen LogP contribution in [0.15, 0.2) is 59.6 Å². The van der Waals surface area contributed by atoms with Crippen LogP contribution in [0.1, 0.15) is 22.0 Å².